The molecule has 1 heterocycles. The Kier molecular flexibility index (Phi) is 7.20. The third-order valence-electron chi connectivity index (χ3n) is 5.72. The molecule has 0 aromatic heterocycles. The Morgan fingerprint density at radius 2 is 1.75 bits per heavy atom. The molecule has 1 atom stereocenters. The smallest absolute Gasteiger partial charge is 0.295 e. The van der Waals surface area contributed by atoms with Crippen LogP contribution in [-0.2, 0) is 9.59 Å². The van der Waals surface area contributed by atoms with Crippen molar-refractivity contribution in [2.75, 3.05) is 41.4 Å². The zero-order chi connectivity index (χ0) is 23.4. The van der Waals surface area contributed by atoms with Gasteiger partial charge in [-0.3, -0.25) is 9.59 Å². The molecule has 0 saturated carbocycles. The number of nitrogens with one attached hydrogen (secondary N) is 1. The quantitative estimate of drug-likeness (QED) is 0.374. The summed E-state index contributed by atoms with van der Waals surface area (Å²) < 4.78 is 10.8. The summed E-state index contributed by atoms with van der Waals surface area (Å²) in [7, 11) is 7.20. The maximum absolute atomic E-state index is 13.1. The highest BCUT2D eigenvalue weighted by Gasteiger charge is 2.46. The lowest BCUT2D eigenvalue weighted by molar-refractivity contribution is -0.858. The first-order valence-corrected chi connectivity index (χ1v) is 10.7. The number of aryl methyl sites for hydroxylation is 1. The van der Waals surface area contributed by atoms with Gasteiger partial charge in [-0.1, -0.05) is 18.2 Å². The number of likely N-dealkylation sites (tertiary alicyclic amines) is 1. The van der Waals surface area contributed by atoms with Crippen LogP contribution in [0.1, 0.15) is 29.2 Å². The molecular formula is C25H31N2O5+. The van der Waals surface area contributed by atoms with E-state index in [-0.39, 0.29) is 11.3 Å². The van der Waals surface area contributed by atoms with Gasteiger partial charge in [-0.05, 0) is 36.8 Å². The van der Waals surface area contributed by atoms with Gasteiger partial charge in [0, 0.05) is 24.1 Å². The Hall–Kier alpha value is -3.32. The van der Waals surface area contributed by atoms with Gasteiger partial charge in [0.2, 0.25) is 0 Å². The number of ketones is 1. The predicted molar refractivity (Wildman–Crippen MR) is 122 cm³/mol. The molecule has 1 amide bonds. The second kappa shape index (κ2) is 9.87. The van der Waals surface area contributed by atoms with Gasteiger partial charge in [-0.25, -0.2) is 0 Å². The SMILES string of the molecule is COc1ccc(C(O)=C2C(=O)C(=O)N(CCC[NH+](C)C)C2c2ccccc2OC)cc1C. The number of Topliss-reactive ketones (excluding diaryl/α,β-unsaturated/α-hetero) is 1. The first-order valence-electron chi connectivity index (χ1n) is 10.7. The number of quaternary nitrogens is 1. The van der Waals surface area contributed by atoms with E-state index in [4.69, 9.17) is 9.47 Å². The molecule has 32 heavy (non-hydrogen) atoms. The maximum Gasteiger partial charge on any atom is 0.295 e. The lowest BCUT2D eigenvalue weighted by atomic mass is 9.94. The average Bonchev–Trinajstić information content (AvgIpc) is 3.03. The van der Waals surface area contributed by atoms with Crippen LogP contribution in [0.15, 0.2) is 48.0 Å². The number of rotatable bonds is 8. The highest BCUT2D eigenvalue weighted by molar-refractivity contribution is 6.46. The monoisotopic (exact) mass is 439 g/mol. The van der Waals surface area contributed by atoms with Crippen molar-refractivity contribution in [3.05, 3.63) is 64.7 Å². The number of benzene rings is 2. The fourth-order valence-electron chi connectivity index (χ4n) is 4.11. The highest BCUT2D eigenvalue weighted by Crippen LogP contribution is 2.42. The third kappa shape index (κ3) is 4.48. The van der Waals surface area contributed by atoms with Crippen LogP contribution in [0.25, 0.3) is 5.76 Å². The molecule has 170 valence electrons. The molecule has 1 aliphatic rings. The molecule has 7 nitrogen and oxygen atoms in total. The van der Waals surface area contributed by atoms with Crippen LogP contribution in [0.2, 0.25) is 0 Å². The first-order chi connectivity index (χ1) is 15.3. The van der Waals surface area contributed by atoms with Gasteiger partial charge < -0.3 is 24.4 Å². The van der Waals surface area contributed by atoms with Crippen molar-refractivity contribution in [1.82, 2.24) is 4.90 Å². The summed E-state index contributed by atoms with van der Waals surface area (Å²) in [6, 6.07) is 11.7. The molecule has 0 bridgehead atoms. The van der Waals surface area contributed by atoms with E-state index >= 15 is 0 Å². The third-order valence-corrected chi connectivity index (χ3v) is 5.72. The molecule has 7 heteroatoms. The molecule has 3 rings (SSSR count). The van der Waals surface area contributed by atoms with E-state index in [1.807, 2.05) is 39.2 Å². The largest absolute Gasteiger partial charge is 0.507 e. The van der Waals surface area contributed by atoms with Crippen LogP contribution >= 0.6 is 0 Å². The Morgan fingerprint density at radius 1 is 1.06 bits per heavy atom. The number of carbonyl (C=O) groups excluding carboxylic acids is 2. The number of aliphatic hydroxyl groups excluding tert-OH is 1. The fraction of sp³-hybridized carbons (Fsp3) is 0.360. The van der Waals surface area contributed by atoms with Crippen LogP contribution in [0, 0.1) is 6.92 Å². The normalized spacial score (nSPS) is 17.8. The molecule has 2 aromatic carbocycles. The minimum Gasteiger partial charge on any atom is -0.507 e. The van der Waals surface area contributed by atoms with Crippen LogP contribution < -0.4 is 14.4 Å². The summed E-state index contributed by atoms with van der Waals surface area (Å²) in [5, 5.41) is 11.2. The van der Waals surface area contributed by atoms with Crippen LogP contribution in [0.3, 0.4) is 0 Å². The van der Waals surface area contributed by atoms with Gasteiger partial charge in [-0.15, -0.1) is 0 Å². The van der Waals surface area contributed by atoms with Gasteiger partial charge in [0.15, 0.2) is 0 Å². The fourth-order valence-corrected chi connectivity index (χ4v) is 4.11. The Bertz CT molecular complexity index is 1040. The minimum absolute atomic E-state index is 0.0706. The van der Waals surface area contributed by atoms with E-state index < -0.39 is 17.7 Å². The molecule has 1 fully saturated rings. The second-order valence-corrected chi connectivity index (χ2v) is 8.23. The number of methoxy groups -OCH3 is 2. The molecule has 0 spiro atoms. The summed E-state index contributed by atoms with van der Waals surface area (Å²) in [5.74, 6) is -0.273. The number of carbonyl (C=O) groups is 2. The lowest BCUT2D eigenvalue weighted by Crippen LogP contribution is -3.05. The number of para-hydroxylation sites is 1. The Labute approximate surface area is 188 Å². The minimum atomic E-state index is -0.731. The van der Waals surface area contributed by atoms with Crippen molar-refractivity contribution in [3.8, 4) is 11.5 Å². The Morgan fingerprint density at radius 3 is 2.38 bits per heavy atom. The summed E-state index contributed by atoms with van der Waals surface area (Å²) in [5.41, 5.74) is 2.01. The summed E-state index contributed by atoms with van der Waals surface area (Å²) in [6.07, 6.45) is 0.725. The molecule has 0 aliphatic carbocycles. The van der Waals surface area contributed by atoms with E-state index in [1.165, 1.54) is 4.90 Å². The maximum atomic E-state index is 13.1. The zero-order valence-corrected chi connectivity index (χ0v) is 19.3. The van der Waals surface area contributed by atoms with E-state index in [0.29, 0.717) is 29.2 Å². The predicted octanol–water partition coefficient (Wildman–Crippen LogP) is 1.97. The van der Waals surface area contributed by atoms with Crippen molar-refractivity contribution < 1.29 is 29.1 Å². The van der Waals surface area contributed by atoms with E-state index in [2.05, 4.69) is 0 Å². The van der Waals surface area contributed by atoms with E-state index in [0.717, 1.165) is 18.5 Å². The van der Waals surface area contributed by atoms with Crippen molar-refractivity contribution in [2.45, 2.75) is 19.4 Å². The van der Waals surface area contributed by atoms with Crippen molar-refractivity contribution in [1.29, 1.82) is 0 Å². The van der Waals surface area contributed by atoms with Gasteiger partial charge in [0.1, 0.15) is 17.3 Å². The second-order valence-electron chi connectivity index (χ2n) is 8.23. The lowest BCUT2D eigenvalue weighted by Gasteiger charge is -2.26. The average molecular weight is 440 g/mol. The summed E-state index contributed by atoms with van der Waals surface area (Å²) in [4.78, 5) is 29.0. The number of aliphatic hydroxyl groups is 1. The molecule has 1 aliphatic heterocycles. The number of hydrogen-bond donors (Lipinski definition) is 2. The summed E-state index contributed by atoms with van der Waals surface area (Å²) >= 11 is 0. The van der Waals surface area contributed by atoms with Gasteiger partial charge >= 0.3 is 0 Å². The van der Waals surface area contributed by atoms with Gasteiger partial charge in [0.25, 0.3) is 11.7 Å². The Balaban J connectivity index is 2.15. The van der Waals surface area contributed by atoms with Crippen molar-refractivity contribution >= 4 is 17.4 Å². The molecular weight excluding hydrogens is 408 g/mol. The van der Waals surface area contributed by atoms with Crippen LogP contribution in [0.5, 0.6) is 11.5 Å². The standard InChI is InChI=1S/C25H30N2O5/c1-16-15-17(11-12-19(16)31-4)23(28)21-22(18-9-6-7-10-20(18)32-5)27(25(30)24(21)29)14-8-13-26(2)3/h6-7,9-12,15,22,28H,8,13-14H2,1-5H3/p+1. The van der Waals surface area contributed by atoms with Gasteiger partial charge in [-0.2, -0.15) is 0 Å². The number of nitrogens with zero attached hydrogens (tertiary/aromatic N) is 1. The van der Waals surface area contributed by atoms with Crippen LogP contribution in [-0.4, -0.2) is 63.1 Å². The topological polar surface area (TPSA) is 80.5 Å². The van der Waals surface area contributed by atoms with Gasteiger partial charge in [0.05, 0.1) is 46.5 Å². The number of ether oxygens (including phenoxy) is 2. The summed E-state index contributed by atoms with van der Waals surface area (Å²) in [6.45, 7) is 3.10. The molecule has 1 saturated heterocycles. The molecule has 0 radical (unpaired) electrons. The molecule has 1 unspecified atom stereocenters. The van der Waals surface area contributed by atoms with E-state index in [1.54, 1.807) is 43.4 Å². The van der Waals surface area contributed by atoms with Crippen molar-refractivity contribution in [2.24, 2.45) is 0 Å². The number of hydrogen-bond acceptors (Lipinski definition) is 5. The first kappa shape index (κ1) is 23.3. The van der Waals surface area contributed by atoms with E-state index in [9.17, 15) is 14.7 Å². The number of amides is 1. The van der Waals surface area contributed by atoms with Crippen LogP contribution in [0.4, 0.5) is 0 Å². The zero-order valence-electron chi connectivity index (χ0n) is 19.3. The molecule has 2 aromatic rings. The van der Waals surface area contributed by atoms with Crippen molar-refractivity contribution in [3.63, 3.8) is 0 Å². The highest BCUT2D eigenvalue weighted by atomic mass is 16.5. The molecule has 2 N–H and O–H groups in total.